The van der Waals surface area contributed by atoms with Crippen molar-refractivity contribution in [3.05, 3.63) is 95.4 Å². The normalized spacial score (nSPS) is 16.5. The number of hydrogen-bond donors (Lipinski definition) is 1. The second-order valence-electron chi connectivity index (χ2n) is 10.4. The van der Waals surface area contributed by atoms with Gasteiger partial charge in [0.25, 0.3) is 5.91 Å². The van der Waals surface area contributed by atoms with E-state index >= 15 is 0 Å². The van der Waals surface area contributed by atoms with Gasteiger partial charge in [0.1, 0.15) is 22.3 Å². The first-order valence-electron chi connectivity index (χ1n) is 14.1. The quantitative estimate of drug-likeness (QED) is 0.240. The Balaban J connectivity index is 1.43. The van der Waals surface area contributed by atoms with Crippen LogP contribution in [-0.4, -0.2) is 66.7 Å². The summed E-state index contributed by atoms with van der Waals surface area (Å²) in [6.45, 7) is 3.11. The van der Waals surface area contributed by atoms with E-state index in [0.29, 0.717) is 27.0 Å². The van der Waals surface area contributed by atoms with Crippen molar-refractivity contribution >= 4 is 45.2 Å². The SMILES string of the molecule is C=C/C(C(=O)Nc1sc(N2CCC(N(C)Cc3ccccc3)CC2)nc1-c1cc(Cl)ccc1OC(F)F)=C1/N=CC=CN1C. The van der Waals surface area contributed by atoms with Crippen LogP contribution in [0.25, 0.3) is 11.3 Å². The molecular weight excluding hydrogens is 606 g/mol. The van der Waals surface area contributed by atoms with Gasteiger partial charge in [0.15, 0.2) is 5.13 Å². The van der Waals surface area contributed by atoms with Crippen LogP contribution in [0.2, 0.25) is 5.02 Å². The van der Waals surface area contributed by atoms with E-state index in [9.17, 15) is 13.6 Å². The summed E-state index contributed by atoms with van der Waals surface area (Å²) in [7, 11) is 3.91. The van der Waals surface area contributed by atoms with Crippen molar-refractivity contribution in [2.75, 3.05) is 37.4 Å². The summed E-state index contributed by atoms with van der Waals surface area (Å²) in [6.07, 6.45) is 8.38. The van der Waals surface area contributed by atoms with Crippen LogP contribution in [0.3, 0.4) is 0 Å². The lowest BCUT2D eigenvalue weighted by molar-refractivity contribution is -0.112. The fraction of sp³-hybridized carbons (Fsp3) is 0.281. The van der Waals surface area contributed by atoms with E-state index in [4.69, 9.17) is 21.3 Å². The number of anilines is 2. The van der Waals surface area contributed by atoms with Gasteiger partial charge in [-0.2, -0.15) is 8.78 Å². The predicted molar refractivity (Wildman–Crippen MR) is 174 cm³/mol. The van der Waals surface area contributed by atoms with E-state index in [1.54, 1.807) is 30.4 Å². The number of piperidine rings is 1. The number of hydrogen-bond acceptors (Lipinski definition) is 8. The zero-order chi connectivity index (χ0) is 31.2. The molecule has 8 nitrogen and oxygen atoms in total. The molecule has 1 amide bonds. The summed E-state index contributed by atoms with van der Waals surface area (Å²) in [4.78, 5) is 29.0. The second-order valence-corrected chi connectivity index (χ2v) is 11.9. The van der Waals surface area contributed by atoms with Crippen LogP contribution >= 0.6 is 22.9 Å². The Bertz CT molecular complexity index is 1580. The number of carbonyl (C=O) groups excluding carboxylic acids is 1. The van der Waals surface area contributed by atoms with Crippen molar-refractivity contribution in [3.63, 3.8) is 0 Å². The van der Waals surface area contributed by atoms with Crippen LogP contribution in [0.15, 0.2) is 89.8 Å². The number of carbonyl (C=O) groups is 1. The van der Waals surface area contributed by atoms with Crippen LogP contribution in [0, 0.1) is 0 Å². The third-order valence-corrected chi connectivity index (χ3v) is 8.77. The highest BCUT2D eigenvalue weighted by Gasteiger charge is 2.28. The molecule has 0 unspecified atom stereocenters. The Hall–Kier alpha value is -4.06. The number of benzene rings is 2. The number of nitrogens with one attached hydrogen (secondary N) is 1. The maximum absolute atomic E-state index is 13.6. The second kappa shape index (κ2) is 14.1. The van der Waals surface area contributed by atoms with Crippen LogP contribution in [0.5, 0.6) is 5.75 Å². The minimum Gasteiger partial charge on any atom is -0.434 e. The standard InChI is InChI=1S/C32H33ClF2N6O2S/c1-4-24(28-36-15-8-16-39(28)2)29(42)38-30-27(25-19-22(33)11-12-26(25)43-31(34)35)37-32(44-30)41-17-13-23(14-18-41)40(3)20-21-9-6-5-7-10-21/h4-12,15-16,19,23,31H,1,13-14,17-18,20H2,2-3H3,(H,38,42)/b28-24+. The summed E-state index contributed by atoms with van der Waals surface area (Å²) >= 11 is 7.56. The molecule has 2 aliphatic rings. The van der Waals surface area contributed by atoms with Gasteiger partial charge in [-0.15, -0.1) is 0 Å². The monoisotopic (exact) mass is 638 g/mol. The molecule has 0 aliphatic carbocycles. The molecule has 1 N–H and O–H groups in total. The molecule has 1 aromatic heterocycles. The van der Waals surface area contributed by atoms with Gasteiger partial charge >= 0.3 is 6.61 Å². The van der Waals surface area contributed by atoms with E-state index < -0.39 is 12.5 Å². The van der Waals surface area contributed by atoms with E-state index in [2.05, 4.69) is 45.9 Å². The number of halogens is 3. The number of thiazole rings is 1. The number of allylic oxidation sites excluding steroid dienone is 1. The van der Waals surface area contributed by atoms with Gasteiger partial charge in [-0.3, -0.25) is 9.69 Å². The van der Waals surface area contributed by atoms with Gasteiger partial charge in [-0.25, -0.2) is 9.98 Å². The van der Waals surface area contributed by atoms with Crippen molar-refractivity contribution < 1.29 is 18.3 Å². The van der Waals surface area contributed by atoms with E-state index in [-0.39, 0.29) is 22.6 Å². The number of rotatable bonds is 10. The highest BCUT2D eigenvalue weighted by molar-refractivity contribution is 7.20. The van der Waals surface area contributed by atoms with Crippen LogP contribution < -0.4 is 15.0 Å². The summed E-state index contributed by atoms with van der Waals surface area (Å²) in [5.74, 6) is -0.148. The lowest BCUT2D eigenvalue weighted by Crippen LogP contribution is -2.43. The number of amides is 1. The van der Waals surface area contributed by atoms with Crippen molar-refractivity contribution in [3.8, 4) is 17.0 Å². The summed E-state index contributed by atoms with van der Waals surface area (Å²) in [5.41, 5.74) is 2.04. The van der Waals surface area contributed by atoms with Gasteiger partial charge in [-0.05, 0) is 49.7 Å². The molecule has 12 heteroatoms. The largest absolute Gasteiger partial charge is 0.434 e. The lowest BCUT2D eigenvalue weighted by Gasteiger charge is -2.36. The van der Waals surface area contributed by atoms with E-state index in [0.717, 1.165) is 32.5 Å². The number of alkyl halides is 2. The number of ether oxygens (including phenoxy) is 1. The Labute approximate surface area is 264 Å². The lowest BCUT2D eigenvalue weighted by atomic mass is 10.0. The molecule has 1 saturated heterocycles. The van der Waals surface area contributed by atoms with Crippen molar-refractivity contribution in [2.24, 2.45) is 4.99 Å². The van der Waals surface area contributed by atoms with E-state index in [1.165, 1.54) is 41.2 Å². The molecule has 0 radical (unpaired) electrons. The Kier molecular flexibility index (Phi) is 10.1. The van der Waals surface area contributed by atoms with Crippen molar-refractivity contribution in [1.82, 2.24) is 14.8 Å². The third kappa shape index (κ3) is 7.35. The Morgan fingerprint density at radius 3 is 2.68 bits per heavy atom. The maximum Gasteiger partial charge on any atom is 0.387 e. The van der Waals surface area contributed by atoms with Gasteiger partial charge < -0.3 is 19.9 Å². The van der Waals surface area contributed by atoms with Crippen LogP contribution in [-0.2, 0) is 11.3 Å². The molecular formula is C32H33ClF2N6O2S. The number of aliphatic imine (C=N–C) groups is 1. The van der Waals surface area contributed by atoms with Gasteiger partial charge in [0.2, 0.25) is 0 Å². The molecule has 2 aliphatic heterocycles. The third-order valence-electron chi connectivity index (χ3n) is 7.51. The molecule has 5 rings (SSSR count). The molecule has 3 aromatic rings. The van der Waals surface area contributed by atoms with Gasteiger partial charge in [-0.1, -0.05) is 65.9 Å². The zero-order valence-corrected chi connectivity index (χ0v) is 26.0. The minimum atomic E-state index is -3.05. The van der Waals surface area contributed by atoms with Crippen molar-refractivity contribution in [2.45, 2.75) is 32.0 Å². The molecule has 1 fully saturated rings. The number of nitrogens with zero attached hydrogens (tertiary/aromatic N) is 5. The smallest absolute Gasteiger partial charge is 0.387 e. The highest BCUT2D eigenvalue weighted by atomic mass is 35.5. The molecule has 2 aromatic carbocycles. The average Bonchev–Trinajstić information content (AvgIpc) is 3.43. The zero-order valence-electron chi connectivity index (χ0n) is 24.4. The van der Waals surface area contributed by atoms with Gasteiger partial charge in [0, 0.05) is 55.7 Å². The van der Waals surface area contributed by atoms with Crippen molar-refractivity contribution in [1.29, 1.82) is 0 Å². The predicted octanol–water partition coefficient (Wildman–Crippen LogP) is 7.03. The van der Waals surface area contributed by atoms with Crippen LogP contribution in [0.1, 0.15) is 18.4 Å². The first-order valence-corrected chi connectivity index (χ1v) is 15.3. The molecule has 0 saturated carbocycles. The molecule has 0 spiro atoms. The number of aromatic nitrogens is 1. The molecule has 44 heavy (non-hydrogen) atoms. The average molecular weight is 639 g/mol. The topological polar surface area (TPSA) is 73.3 Å². The van der Waals surface area contributed by atoms with Gasteiger partial charge in [0.05, 0.1) is 5.57 Å². The summed E-state index contributed by atoms with van der Waals surface area (Å²) in [6, 6.07) is 15.1. The molecule has 0 atom stereocenters. The highest BCUT2D eigenvalue weighted by Crippen LogP contribution is 2.43. The molecule has 3 heterocycles. The fourth-order valence-electron chi connectivity index (χ4n) is 5.25. The minimum absolute atomic E-state index is 0.0953. The molecule has 230 valence electrons. The van der Waals surface area contributed by atoms with E-state index in [1.807, 2.05) is 18.2 Å². The van der Waals surface area contributed by atoms with Crippen LogP contribution in [0.4, 0.5) is 18.9 Å². The first kappa shape index (κ1) is 31.4. The first-order chi connectivity index (χ1) is 21.2. The molecule has 0 bridgehead atoms. The fourth-order valence-corrected chi connectivity index (χ4v) is 6.45. The Morgan fingerprint density at radius 2 is 2.00 bits per heavy atom. The Morgan fingerprint density at radius 1 is 1.25 bits per heavy atom. The summed E-state index contributed by atoms with van der Waals surface area (Å²) < 4.78 is 31.5. The maximum atomic E-state index is 13.6. The summed E-state index contributed by atoms with van der Waals surface area (Å²) in [5, 5.41) is 4.27.